The molecule has 0 unspecified atom stereocenters. The maximum absolute atomic E-state index is 12.4. The third-order valence-corrected chi connectivity index (χ3v) is 4.36. The van der Waals surface area contributed by atoms with Crippen molar-refractivity contribution in [3.8, 4) is 6.07 Å². The number of nitrogens with one attached hydrogen (secondary N) is 2. The number of carbonyl (C=O) groups excluding carboxylic acids is 1. The second-order valence-electron chi connectivity index (χ2n) is 6.57. The molecule has 27 heavy (non-hydrogen) atoms. The van der Waals surface area contributed by atoms with E-state index in [0.29, 0.717) is 11.6 Å². The van der Waals surface area contributed by atoms with Gasteiger partial charge in [0, 0.05) is 23.0 Å². The van der Waals surface area contributed by atoms with E-state index in [1.165, 1.54) is 11.8 Å². The van der Waals surface area contributed by atoms with E-state index in [9.17, 15) is 10.1 Å². The zero-order valence-corrected chi connectivity index (χ0v) is 15.4. The van der Waals surface area contributed by atoms with Gasteiger partial charge in [-0.2, -0.15) is 5.26 Å². The van der Waals surface area contributed by atoms with Crippen molar-refractivity contribution in [1.29, 1.82) is 5.26 Å². The van der Waals surface area contributed by atoms with Gasteiger partial charge in [0.1, 0.15) is 11.6 Å². The fraction of sp³-hybridized carbons (Fsp3) is 0.130. The Hall–Kier alpha value is -3.58. The lowest BCUT2D eigenvalue weighted by molar-refractivity contribution is -0.112. The summed E-state index contributed by atoms with van der Waals surface area (Å²) in [7, 11) is 0. The summed E-state index contributed by atoms with van der Waals surface area (Å²) in [5.74, 6) is -0.0169. The Kier molecular flexibility index (Phi) is 5.53. The Morgan fingerprint density at radius 3 is 2.41 bits per heavy atom. The largest absolute Gasteiger partial charge is 0.360 e. The van der Waals surface area contributed by atoms with Crippen molar-refractivity contribution in [2.45, 2.75) is 19.8 Å². The van der Waals surface area contributed by atoms with Gasteiger partial charge in [-0.15, -0.1) is 0 Å². The molecule has 134 valence electrons. The molecule has 0 spiro atoms. The highest BCUT2D eigenvalue weighted by molar-refractivity contribution is 6.07. The molecule has 4 heteroatoms. The highest BCUT2D eigenvalue weighted by atomic mass is 16.1. The van der Waals surface area contributed by atoms with Crippen LogP contribution in [0.25, 0.3) is 10.8 Å². The van der Waals surface area contributed by atoms with Gasteiger partial charge < -0.3 is 10.6 Å². The zero-order chi connectivity index (χ0) is 19.2. The second kappa shape index (κ2) is 8.20. The van der Waals surface area contributed by atoms with Crippen molar-refractivity contribution in [3.05, 3.63) is 84.1 Å². The quantitative estimate of drug-likeness (QED) is 0.474. The molecule has 4 nitrogen and oxygen atoms in total. The molecule has 3 aromatic rings. The van der Waals surface area contributed by atoms with E-state index >= 15 is 0 Å². The van der Waals surface area contributed by atoms with Gasteiger partial charge in [0.15, 0.2) is 0 Å². The number of nitrogens with zero attached hydrogens (tertiary/aromatic N) is 1. The van der Waals surface area contributed by atoms with Crippen LogP contribution >= 0.6 is 0 Å². The SMILES string of the molecule is CC(C)c1ccc(NC(=O)/C(C#N)=C\Nc2cccc3ccccc23)cc1. The Morgan fingerprint density at radius 1 is 1.00 bits per heavy atom. The van der Waals surface area contributed by atoms with Gasteiger partial charge >= 0.3 is 0 Å². The molecule has 0 atom stereocenters. The van der Waals surface area contributed by atoms with Crippen LogP contribution in [0.4, 0.5) is 11.4 Å². The van der Waals surface area contributed by atoms with Crippen LogP contribution < -0.4 is 10.6 Å². The molecular weight excluding hydrogens is 334 g/mol. The van der Waals surface area contributed by atoms with Gasteiger partial charge in [0.25, 0.3) is 5.91 Å². The van der Waals surface area contributed by atoms with E-state index in [4.69, 9.17) is 0 Å². The second-order valence-corrected chi connectivity index (χ2v) is 6.57. The van der Waals surface area contributed by atoms with E-state index in [1.54, 1.807) is 0 Å². The predicted molar refractivity (Wildman–Crippen MR) is 110 cm³/mol. The van der Waals surface area contributed by atoms with Crippen molar-refractivity contribution in [3.63, 3.8) is 0 Å². The minimum absolute atomic E-state index is 0.0101. The van der Waals surface area contributed by atoms with Crippen LogP contribution in [0, 0.1) is 11.3 Å². The Balaban J connectivity index is 1.75. The van der Waals surface area contributed by atoms with Gasteiger partial charge in [0.2, 0.25) is 0 Å². The first kappa shape index (κ1) is 18.2. The molecule has 2 N–H and O–H groups in total. The highest BCUT2D eigenvalue weighted by Crippen LogP contribution is 2.23. The topological polar surface area (TPSA) is 64.9 Å². The van der Waals surface area contributed by atoms with E-state index in [1.807, 2.05) is 72.8 Å². The number of fused-ring (bicyclic) bond motifs is 1. The molecule has 0 aliphatic heterocycles. The third-order valence-electron chi connectivity index (χ3n) is 4.36. The van der Waals surface area contributed by atoms with Crippen LogP contribution in [0.5, 0.6) is 0 Å². The number of hydrogen-bond acceptors (Lipinski definition) is 3. The summed E-state index contributed by atoms with van der Waals surface area (Å²) in [6.07, 6.45) is 1.44. The third kappa shape index (κ3) is 4.34. The van der Waals surface area contributed by atoms with Crippen molar-refractivity contribution in [1.82, 2.24) is 0 Å². The number of nitriles is 1. The van der Waals surface area contributed by atoms with Gasteiger partial charge in [0.05, 0.1) is 0 Å². The van der Waals surface area contributed by atoms with E-state index in [2.05, 4.69) is 24.5 Å². The van der Waals surface area contributed by atoms with Gasteiger partial charge in [-0.1, -0.05) is 62.4 Å². The Bertz CT molecular complexity index is 1020. The Labute approximate surface area is 159 Å². The maximum atomic E-state index is 12.4. The number of benzene rings is 3. The molecule has 0 radical (unpaired) electrons. The molecule has 0 saturated carbocycles. The standard InChI is InChI=1S/C23H21N3O/c1-16(2)17-10-12-20(13-11-17)26-23(27)19(14-24)15-25-22-9-5-7-18-6-3-4-8-21(18)22/h3-13,15-16,25H,1-2H3,(H,26,27)/b19-15-. The lowest BCUT2D eigenvalue weighted by Crippen LogP contribution is -2.14. The summed E-state index contributed by atoms with van der Waals surface area (Å²) < 4.78 is 0. The molecule has 0 aromatic heterocycles. The molecule has 0 aliphatic rings. The smallest absolute Gasteiger partial charge is 0.267 e. The lowest BCUT2D eigenvalue weighted by atomic mass is 10.0. The molecule has 0 heterocycles. The van der Waals surface area contributed by atoms with Crippen LogP contribution in [0.3, 0.4) is 0 Å². The maximum Gasteiger partial charge on any atom is 0.267 e. The fourth-order valence-corrected chi connectivity index (χ4v) is 2.80. The summed E-state index contributed by atoms with van der Waals surface area (Å²) in [5.41, 5.74) is 2.71. The van der Waals surface area contributed by atoms with Crippen LogP contribution in [0.2, 0.25) is 0 Å². The van der Waals surface area contributed by atoms with E-state index in [-0.39, 0.29) is 5.57 Å². The van der Waals surface area contributed by atoms with Crippen LogP contribution in [0.1, 0.15) is 25.3 Å². The van der Waals surface area contributed by atoms with E-state index in [0.717, 1.165) is 16.5 Å². The number of hydrogen-bond donors (Lipinski definition) is 2. The summed E-state index contributed by atoms with van der Waals surface area (Å²) in [6, 6.07) is 23.4. The Morgan fingerprint density at radius 2 is 1.70 bits per heavy atom. The summed E-state index contributed by atoms with van der Waals surface area (Å²) in [6.45, 7) is 4.23. The monoisotopic (exact) mass is 355 g/mol. The minimum atomic E-state index is -0.442. The first-order valence-corrected chi connectivity index (χ1v) is 8.84. The molecule has 0 fully saturated rings. The molecule has 0 aliphatic carbocycles. The molecule has 0 bridgehead atoms. The van der Waals surface area contributed by atoms with Gasteiger partial charge in [-0.05, 0) is 35.1 Å². The lowest BCUT2D eigenvalue weighted by Gasteiger charge is -2.09. The molecular formula is C23H21N3O. The van der Waals surface area contributed by atoms with Crippen LogP contribution in [-0.4, -0.2) is 5.91 Å². The zero-order valence-electron chi connectivity index (χ0n) is 15.4. The van der Waals surface area contributed by atoms with Crippen LogP contribution in [-0.2, 0) is 4.79 Å². The molecule has 3 rings (SSSR count). The summed E-state index contributed by atoms with van der Waals surface area (Å²) in [4.78, 5) is 12.4. The van der Waals surface area contributed by atoms with Crippen LogP contribution in [0.15, 0.2) is 78.5 Å². The number of amides is 1. The first-order valence-electron chi connectivity index (χ1n) is 8.84. The highest BCUT2D eigenvalue weighted by Gasteiger charge is 2.10. The summed E-state index contributed by atoms with van der Waals surface area (Å²) >= 11 is 0. The normalized spacial score (nSPS) is 11.3. The van der Waals surface area contributed by atoms with Crippen molar-refractivity contribution in [2.75, 3.05) is 10.6 Å². The molecule has 0 saturated heterocycles. The molecule has 3 aromatic carbocycles. The fourth-order valence-electron chi connectivity index (χ4n) is 2.80. The summed E-state index contributed by atoms with van der Waals surface area (Å²) in [5, 5.41) is 17.3. The first-order chi connectivity index (χ1) is 13.1. The predicted octanol–water partition coefficient (Wildman–Crippen LogP) is 5.42. The van der Waals surface area contributed by atoms with E-state index < -0.39 is 5.91 Å². The number of carbonyl (C=O) groups is 1. The van der Waals surface area contributed by atoms with Gasteiger partial charge in [-0.3, -0.25) is 4.79 Å². The molecule has 1 amide bonds. The number of anilines is 2. The van der Waals surface area contributed by atoms with Crippen molar-refractivity contribution in [2.24, 2.45) is 0 Å². The number of rotatable bonds is 5. The van der Waals surface area contributed by atoms with Gasteiger partial charge in [-0.25, -0.2) is 0 Å². The van der Waals surface area contributed by atoms with Crippen molar-refractivity contribution >= 4 is 28.1 Å². The minimum Gasteiger partial charge on any atom is -0.360 e. The average molecular weight is 355 g/mol. The van der Waals surface area contributed by atoms with Crippen molar-refractivity contribution < 1.29 is 4.79 Å². The average Bonchev–Trinajstić information content (AvgIpc) is 2.69.